The lowest BCUT2D eigenvalue weighted by atomic mass is 9.89. The van der Waals surface area contributed by atoms with Crippen LogP contribution in [0.25, 0.3) is 0 Å². The highest BCUT2D eigenvalue weighted by molar-refractivity contribution is 5.95. The minimum atomic E-state index is -0.454. The van der Waals surface area contributed by atoms with Gasteiger partial charge in [0.15, 0.2) is 0 Å². The van der Waals surface area contributed by atoms with Crippen molar-refractivity contribution < 1.29 is 23.5 Å². The van der Waals surface area contributed by atoms with Crippen LogP contribution in [-0.4, -0.2) is 61.8 Å². The van der Waals surface area contributed by atoms with E-state index in [1.807, 2.05) is 6.92 Å². The number of piperidine rings is 1. The molecule has 2 amide bonds. The second kappa shape index (κ2) is 7.49. The molecule has 1 aromatic carbocycles. The van der Waals surface area contributed by atoms with E-state index >= 15 is 0 Å². The van der Waals surface area contributed by atoms with Gasteiger partial charge in [0.1, 0.15) is 19.0 Å². The van der Waals surface area contributed by atoms with Crippen molar-refractivity contribution in [3.8, 4) is 0 Å². The Morgan fingerprint density at radius 3 is 2.60 bits per heavy atom. The highest BCUT2D eigenvalue weighted by Crippen LogP contribution is 2.32. The van der Waals surface area contributed by atoms with Gasteiger partial charge >= 0.3 is 0 Å². The minimum Gasteiger partial charge on any atom is -0.372 e. The number of likely N-dealkylation sites (tertiary alicyclic amines) is 1. The lowest BCUT2D eigenvalue weighted by molar-refractivity contribution is -0.152. The van der Waals surface area contributed by atoms with E-state index in [2.05, 4.69) is 0 Å². The topological polar surface area (TPSA) is 59.1 Å². The zero-order chi connectivity index (χ0) is 17.9. The van der Waals surface area contributed by atoms with Crippen LogP contribution >= 0.6 is 0 Å². The Morgan fingerprint density at radius 1 is 1.28 bits per heavy atom. The Balaban J connectivity index is 1.64. The Labute approximate surface area is 146 Å². The first-order valence-electron chi connectivity index (χ1n) is 8.58. The third-order valence-electron chi connectivity index (χ3n) is 4.84. The van der Waals surface area contributed by atoms with E-state index in [1.54, 1.807) is 21.9 Å². The molecular weight excluding hydrogens is 327 g/mol. The number of ether oxygens (including phenoxy) is 2. The summed E-state index contributed by atoms with van der Waals surface area (Å²) in [7, 11) is 0. The second-order valence-corrected chi connectivity index (χ2v) is 6.45. The monoisotopic (exact) mass is 350 g/mol. The lowest BCUT2D eigenvalue weighted by Crippen LogP contribution is -2.59. The van der Waals surface area contributed by atoms with E-state index in [9.17, 15) is 14.0 Å². The molecule has 1 aromatic rings. The Morgan fingerprint density at radius 2 is 1.96 bits per heavy atom. The highest BCUT2D eigenvalue weighted by atomic mass is 19.1. The quantitative estimate of drug-likeness (QED) is 0.827. The summed E-state index contributed by atoms with van der Waals surface area (Å²) in [6, 6.07) is 5.90. The van der Waals surface area contributed by atoms with Crippen molar-refractivity contribution in [2.24, 2.45) is 0 Å². The molecule has 2 aliphatic heterocycles. The van der Waals surface area contributed by atoms with Crippen LogP contribution in [0.4, 0.5) is 10.1 Å². The fraction of sp³-hybridized carbons (Fsp3) is 0.556. The first kappa shape index (κ1) is 17.8. The van der Waals surface area contributed by atoms with Crippen molar-refractivity contribution in [3.63, 3.8) is 0 Å². The number of morpholine rings is 1. The minimum absolute atomic E-state index is 0.00423. The summed E-state index contributed by atoms with van der Waals surface area (Å²) in [6.07, 6.45) is 1.33. The predicted octanol–water partition coefficient (Wildman–Crippen LogP) is 1.59. The number of nitrogens with zero attached hydrogens (tertiary/aromatic N) is 2. The Kier molecular flexibility index (Phi) is 5.34. The van der Waals surface area contributed by atoms with Gasteiger partial charge in [0, 0.05) is 25.4 Å². The Hall–Kier alpha value is -1.99. The molecule has 0 saturated carbocycles. The number of amides is 2. The molecule has 2 saturated heterocycles. The number of hydrogen-bond acceptors (Lipinski definition) is 4. The molecular formula is C18H23FN2O4. The third kappa shape index (κ3) is 3.99. The lowest BCUT2D eigenvalue weighted by Gasteiger charge is -2.47. The van der Waals surface area contributed by atoms with Crippen LogP contribution in [-0.2, 0) is 19.1 Å². The SMILES string of the molecule is CCOCC(=O)N1CCC2(CC1)CN(c1ccc(F)cc1)C(=O)CO2. The molecule has 3 rings (SSSR count). The molecule has 0 aliphatic carbocycles. The fourth-order valence-electron chi connectivity index (χ4n) is 3.32. The normalized spacial score (nSPS) is 20.2. The van der Waals surface area contributed by atoms with Gasteiger partial charge in [-0.2, -0.15) is 0 Å². The van der Waals surface area contributed by atoms with Crippen molar-refractivity contribution in [3.05, 3.63) is 30.1 Å². The fourth-order valence-corrected chi connectivity index (χ4v) is 3.32. The molecule has 0 N–H and O–H groups in total. The average molecular weight is 350 g/mol. The van der Waals surface area contributed by atoms with Gasteiger partial charge in [-0.05, 0) is 44.0 Å². The molecule has 0 unspecified atom stereocenters. The van der Waals surface area contributed by atoms with Gasteiger partial charge in [-0.15, -0.1) is 0 Å². The zero-order valence-electron chi connectivity index (χ0n) is 14.4. The molecule has 6 nitrogen and oxygen atoms in total. The summed E-state index contributed by atoms with van der Waals surface area (Å²) < 4.78 is 24.2. The van der Waals surface area contributed by atoms with Crippen molar-refractivity contribution in [2.75, 3.05) is 44.4 Å². The van der Waals surface area contributed by atoms with Crippen LogP contribution in [0.2, 0.25) is 0 Å². The first-order valence-corrected chi connectivity index (χ1v) is 8.58. The molecule has 0 radical (unpaired) electrons. The second-order valence-electron chi connectivity index (χ2n) is 6.45. The number of benzene rings is 1. The summed E-state index contributed by atoms with van der Waals surface area (Å²) in [5.41, 5.74) is 0.217. The summed E-state index contributed by atoms with van der Waals surface area (Å²) in [5, 5.41) is 0. The number of carbonyl (C=O) groups is 2. The maximum Gasteiger partial charge on any atom is 0.253 e. The van der Waals surface area contributed by atoms with Crippen molar-refractivity contribution in [2.45, 2.75) is 25.4 Å². The van der Waals surface area contributed by atoms with E-state index in [1.165, 1.54) is 12.1 Å². The maximum absolute atomic E-state index is 13.1. The van der Waals surface area contributed by atoms with E-state index in [4.69, 9.17) is 9.47 Å². The standard InChI is InChI=1S/C18H23FN2O4/c1-2-24-11-16(22)20-9-7-18(8-10-20)13-21(17(23)12-25-18)15-5-3-14(19)4-6-15/h3-6H,2,7-13H2,1H3. The average Bonchev–Trinajstić information content (AvgIpc) is 2.63. The number of halogens is 1. The molecule has 0 atom stereocenters. The molecule has 25 heavy (non-hydrogen) atoms. The largest absolute Gasteiger partial charge is 0.372 e. The van der Waals surface area contributed by atoms with Crippen LogP contribution in [0.5, 0.6) is 0 Å². The van der Waals surface area contributed by atoms with Crippen molar-refractivity contribution in [1.29, 1.82) is 0 Å². The summed E-state index contributed by atoms with van der Waals surface area (Å²) >= 11 is 0. The molecule has 136 valence electrons. The van der Waals surface area contributed by atoms with E-state index in [0.717, 1.165) is 0 Å². The van der Waals surface area contributed by atoms with Gasteiger partial charge in [0.2, 0.25) is 5.91 Å². The van der Waals surface area contributed by atoms with E-state index in [0.29, 0.717) is 44.8 Å². The molecule has 1 spiro atoms. The van der Waals surface area contributed by atoms with Gasteiger partial charge in [0.05, 0.1) is 12.1 Å². The summed E-state index contributed by atoms with van der Waals surface area (Å²) in [6.45, 7) is 4.06. The van der Waals surface area contributed by atoms with Gasteiger partial charge < -0.3 is 19.3 Å². The number of hydrogen-bond donors (Lipinski definition) is 0. The number of carbonyl (C=O) groups excluding carboxylic acids is 2. The van der Waals surface area contributed by atoms with Crippen LogP contribution in [0.15, 0.2) is 24.3 Å². The van der Waals surface area contributed by atoms with Crippen molar-refractivity contribution >= 4 is 17.5 Å². The predicted molar refractivity (Wildman–Crippen MR) is 89.7 cm³/mol. The molecule has 2 heterocycles. The van der Waals surface area contributed by atoms with Crippen molar-refractivity contribution in [1.82, 2.24) is 4.90 Å². The van der Waals surface area contributed by atoms with Gasteiger partial charge in [-0.1, -0.05) is 0 Å². The molecule has 2 aliphatic rings. The Bertz CT molecular complexity index is 626. The highest BCUT2D eigenvalue weighted by Gasteiger charge is 2.43. The molecule has 0 bridgehead atoms. The van der Waals surface area contributed by atoms with Crippen LogP contribution in [0, 0.1) is 5.82 Å². The number of anilines is 1. The summed E-state index contributed by atoms with van der Waals surface area (Å²) in [5.74, 6) is -0.480. The van der Waals surface area contributed by atoms with Gasteiger partial charge in [-0.25, -0.2) is 4.39 Å². The molecule has 2 fully saturated rings. The first-order chi connectivity index (χ1) is 12.0. The molecule has 7 heteroatoms. The van der Waals surface area contributed by atoms with Crippen LogP contribution in [0.3, 0.4) is 0 Å². The van der Waals surface area contributed by atoms with Gasteiger partial charge in [0.25, 0.3) is 5.91 Å². The van der Waals surface area contributed by atoms with Gasteiger partial charge in [-0.3, -0.25) is 9.59 Å². The van der Waals surface area contributed by atoms with Crippen LogP contribution in [0.1, 0.15) is 19.8 Å². The summed E-state index contributed by atoms with van der Waals surface area (Å²) in [4.78, 5) is 27.7. The zero-order valence-corrected chi connectivity index (χ0v) is 14.4. The smallest absolute Gasteiger partial charge is 0.253 e. The number of rotatable bonds is 4. The molecule has 0 aromatic heterocycles. The van der Waals surface area contributed by atoms with E-state index in [-0.39, 0.29) is 30.8 Å². The van der Waals surface area contributed by atoms with Crippen LogP contribution < -0.4 is 4.90 Å². The van der Waals surface area contributed by atoms with E-state index < -0.39 is 5.60 Å². The third-order valence-corrected chi connectivity index (χ3v) is 4.84. The maximum atomic E-state index is 13.1.